The van der Waals surface area contributed by atoms with Crippen molar-refractivity contribution in [3.63, 3.8) is 0 Å². The minimum Gasteiger partial charge on any atom is -0.464 e. The van der Waals surface area contributed by atoms with Gasteiger partial charge >= 0.3 is 5.97 Å². The van der Waals surface area contributed by atoms with Gasteiger partial charge in [-0.3, -0.25) is 0 Å². The van der Waals surface area contributed by atoms with Gasteiger partial charge in [-0.1, -0.05) is 13.8 Å². The SMILES string of the molecule is CCOC(=O)COCCN1CCCC(C)(C)C1. The molecule has 1 rings (SSSR count). The molecule has 1 saturated heterocycles. The second-order valence-corrected chi connectivity index (χ2v) is 5.40. The van der Waals surface area contributed by atoms with Gasteiger partial charge < -0.3 is 14.4 Å². The summed E-state index contributed by atoms with van der Waals surface area (Å²) in [5, 5.41) is 0. The number of hydrogen-bond donors (Lipinski definition) is 0. The molecule has 0 spiro atoms. The molecule has 0 aromatic heterocycles. The number of esters is 1. The minimum absolute atomic E-state index is 0.0745. The Morgan fingerprint density at radius 3 is 2.82 bits per heavy atom. The number of hydrogen-bond acceptors (Lipinski definition) is 4. The summed E-state index contributed by atoms with van der Waals surface area (Å²) < 4.78 is 10.1. The fraction of sp³-hybridized carbons (Fsp3) is 0.923. The van der Waals surface area contributed by atoms with Gasteiger partial charge in [-0.2, -0.15) is 0 Å². The van der Waals surface area contributed by atoms with Gasteiger partial charge in [0.25, 0.3) is 0 Å². The van der Waals surface area contributed by atoms with Crippen molar-refractivity contribution in [2.24, 2.45) is 5.41 Å². The molecule has 4 heteroatoms. The van der Waals surface area contributed by atoms with E-state index in [4.69, 9.17) is 9.47 Å². The third-order valence-corrected chi connectivity index (χ3v) is 3.06. The standard InChI is InChI=1S/C13H25NO3/c1-4-17-12(15)10-16-9-8-14-7-5-6-13(2,3)11-14/h4-11H2,1-3H3. The number of nitrogens with zero attached hydrogens (tertiary/aromatic N) is 1. The fourth-order valence-electron chi connectivity index (χ4n) is 2.29. The molecule has 0 atom stereocenters. The Kier molecular flexibility index (Phi) is 5.92. The van der Waals surface area contributed by atoms with Gasteiger partial charge in [-0.05, 0) is 31.7 Å². The first-order valence-electron chi connectivity index (χ1n) is 6.49. The molecular formula is C13H25NO3. The lowest BCUT2D eigenvalue weighted by Gasteiger charge is -2.37. The van der Waals surface area contributed by atoms with E-state index >= 15 is 0 Å². The van der Waals surface area contributed by atoms with Crippen molar-refractivity contribution in [1.82, 2.24) is 4.90 Å². The molecule has 0 aromatic rings. The summed E-state index contributed by atoms with van der Waals surface area (Å²) in [6, 6.07) is 0. The first-order chi connectivity index (χ1) is 8.03. The molecule has 0 saturated carbocycles. The molecule has 0 radical (unpaired) electrons. The normalized spacial score (nSPS) is 20.2. The lowest BCUT2D eigenvalue weighted by Crippen LogP contribution is -2.41. The van der Waals surface area contributed by atoms with Crippen LogP contribution < -0.4 is 0 Å². The van der Waals surface area contributed by atoms with Crippen molar-refractivity contribution in [2.75, 3.05) is 39.5 Å². The zero-order valence-electron chi connectivity index (χ0n) is 11.3. The zero-order valence-corrected chi connectivity index (χ0v) is 11.3. The van der Waals surface area contributed by atoms with Crippen molar-refractivity contribution in [3.05, 3.63) is 0 Å². The molecule has 17 heavy (non-hydrogen) atoms. The van der Waals surface area contributed by atoms with E-state index in [0.717, 1.165) is 19.6 Å². The molecule has 1 aliphatic heterocycles. The summed E-state index contributed by atoms with van der Waals surface area (Å²) >= 11 is 0. The van der Waals surface area contributed by atoms with Gasteiger partial charge in [0.15, 0.2) is 0 Å². The van der Waals surface area contributed by atoms with Gasteiger partial charge in [0.05, 0.1) is 13.2 Å². The average Bonchev–Trinajstić information content (AvgIpc) is 2.23. The van der Waals surface area contributed by atoms with Gasteiger partial charge in [0, 0.05) is 13.1 Å². The second-order valence-electron chi connectivity index (χ2n) is 5.40. The lowest BCUT2D eigenvalue weighted by atomic mass is 9.84. The summed E-state index contributed by atoms with van der Waals surface area (Å²) in [4.78, 5) is 13.4. The van der Waals surface area contributed by atoms with Crippen LogP contribution in [0, 0.1) is 5.41 Å². The van der Waals surface area contributed by atoms with Crippen LogP contribution in [-0.4, -0.2) is 50.3 Å². The Morgan fingerprint density at radius 1 is 1.41 bits per heavy atom. The van der Waals surface area contributed by atoms with Crippen LogP contribution in [0.5, 0.6) is 0 Å². The molecule has 0 aromatic carbocycles. The Bertz CT molecular complexity index is 241. The Balaban J connectivity index is 2.08. The molecule has 1 aliphatic rings. The predicted octanol–water partition coefficient (Wildman–Crippen LogP) is 1.69. The average molecular weight is 243 g/mol. The zero-order chi connectivity index (χ0) is 12.7. The summed E-state index contributed by atoms with van der Waals surface area (Å²) in [5.41, 5.74) is 0.416. The second kappa shape index (κ2) is 6.97. The Morgan fingerprint density at radius 2 is 2.18 bits per heavy atom. The van der Waals surface area contributed by atoms with Crippen molar-refractivity contribution >= 4 is 5.97 Å². The number of carbonyl (C=O) groups is 1. The van der Waals surface area contributed by atoms with E-state index in [0.29, 0.717) is 18.6 Å². The van der Waals surface area contributed by atoms with Gasteiger partial charge in [-0.15, -0.1) is 0 Å². The molecule has 100 valence electrons. The Labute approximate surface area is 104 Å². The highest BCUT2D eigenvalue weighted by molar-refractivity contribution is 5.70. The highest BCUT2D eigenvalue weighted by Gasteiger charge is 2.25. The maximum absolute atomic E-state index is 11.0. The smallest absolute Gasteiger partial charge is 0.332 e. The molecule has 0 aliphatic carbocycles. The van der Waals surface area contributed by atoms with Crippen molar-refractivity contribution < 1.29 is 14.3 Å². The third-order valence-electron chi connectivity index (χ3n) is 3.06. The van der Waals surface area contributed by atoms with Crippen LogP contribution in [0.3, 0.4) is 0 Å². The maximum atomic E-state index is 11.0. The number of carbonyl (C=O) groups excluding carboxylic acids is 1. The van der Waals surface area contributed by atoms with Crippen LogP contribution in [0.1, 0.15) is 33.6 Å². The third kappa shape index (κ3) is 6.03. The number of rotatable bonds is 6. The topological polar surface area (TPSA) is 38.8 Å². The molecule has 0 bridgehead atoms. The summed E-state index contributed by atoms with van der Waals surface area (Å²) in [6.07, 6.45) is 2.55. The fourth-order valence-corrected chi connectivity index (χ4v) is 2.29. The quantitative estimate of drug-likeness (QED) is 0.525. The van der Waals surface area contributed by atoms with Crippen molar-refractivity contribution in [3.8, 4) is 0 Å². The van der Waals surface area contributed by atoms with Crippen LogP contribution >= 0.6 is 0 Å². The molecule has 0 unspecified atom stereocenters. The van der Waals surface area contributed by atoms with Gasteiger partial charge in [0.2, 0.25) is 0 Å². The Hall–Kier alpha value is -0.610. The van der Waals surface area contributed by atoms with E-state index in [1.807, 2.05) is 0 Å². The van der Waals surface area contributed by atoms with E-state index in [9.17, 15) is 4.79 Å². The van der Waals surface area contributed by atoms with E-state index in [2.05, 4.69) is 18.7 Å². The first-order valence-corrected chi connectivity index (χ1v) is 6.49. The summed E-state index contributed by atoms with van der Waals surface area (Å²) in [5.74, 6) is -0.272. The molecule has 0 amide bonds. The van der Waals surface area contributed by atoms with Crippen LogP contribution in [0.4, 0.5) is 0 Å². The maximum Gasteiger partial charge on any atom is 0.332 e. The first kappa shape index (κ1) is 14.5. The van der Waals surface area contributed by atoms with E-state index in [1.54, 1.807) is 6.92 Å². The van der Waals surface area contributed by atoms with Gasteiger partial charge in [-0.25, -0.2) is 4.79 Å². The molecule has 4 nitrogen and oxygen atoms in total. The van der Waals surface area contributed by atoms with Crippen LogP contribution in [0.15, 0.2) is 0 Å². The van der Waals surface area contributed by atoms with E-state index < -0.39 is 0 Å². The highest BCUT2D eigenvalue weighted by Crippen LogP contribution is 2.27. The molecule has 1 heterocycles. The van der Waals surface area contributed by atoms with Crippen LogP contribution in [0.2, 0.25) is 0 Å². The number of likely N-dealkylation sites (tertiary alicyclic amines) is 1. The predicted molar refractivity (Wildman–Crippen MR) is 66.9 cm³/mol. The van der Waals surface area contributed by atoms with Crippen LogP contribution in [0.25, 0.3) is 0 Å². The lowest BCUT2D eigenvalue weighted by molar-refractivity contribution is -0.148. The largest absolute Gasteiger partial charge is 0.464 e. The van der Waals surface area contributed by atoms with Crippen molar-refractivity contribution in [1.29, 1.82) is 0 Å². The summed E-state index contributed by atoms with van der Waals surface area (Å²) in [6.45, 7) is 10.7. The number of ether oxygens (including phenoxy) is 2. The minimum atomic E-state index is -0.272. The molecule has 1 fully saturated rings. The highest BCUT2D eigenvalue weighted by atomic mass is 16.6. The van der Waals surface area contributed by atoms with E-state index in [-0.39, 0.29) is 12.6 Å². The number of piperidine rings is 1. The van der Waals surface area contributed by atoms with Gasteiger partial charge in [0.1, 0.15) is 6.61 Å². The molecular weight excluding hydrogens is 218 g/mol. The van der Waals surface area contributed by atoms with Crippen molar-refractivity contribution in [2.45, 2.75) is 33.6 Å². The van der Waals surface area contributed by atoms with Crippen LogP contribution in [-0.2, 0) is 14.3 Å². The summed E-state index contributed by atoms with van der Waals surface area (Å²) in [7, 11) is 0. The monoisotopic (exact) mass is 243 g/mol. The van der Waals surface area contributed by atoms with E-state index in [1.165, 1.54) is 12.8 Å². The molecule has 0 N–H and O–H groups in total.